The van der Waals surface area contributed by atoms with Gasteiger partial charge in [-0.2, -0.15) is 5.10 Å². The molecule has 1 saturated carbocycles. The largest absolute Gasteiger partial charge is 0.483 e. The predicted octanol–water partition coefficient (Wildman–Crippen LogP) is 4.09. The van der Waals surface area contributed by atoms with Crippen LogP contribution in [0.4, 0.5) is 5.82 Å². The van der Waals surface area contributed by atoms with Gasteiger partial charge in [0.1, 0.15) is 16.4 Å². The molecule has 3 heterocycles. The van der Waals surface area contributed by atoms with E-state index >= 15 is 0 Å². The Labute approximate surface area is 151 Å². The van der Waals surface area contributed by atoms with Gasteiger partial charge >= 0.3 is 0 Å². The topological polar surface area (TPSA) is 70.7 Å². The van der Waals surface area contributed by atoms with E-state index in [1.54, 1.807) is 6.33 Å². The number of rotatable bonds is 2. The van der Waals surface area contributed by atoms with Crippen LogP contribution in [0.3, 0.4) is 0 Å². The predicted molar refractivity (Wildman–Crippen MR) is 98.8 cm³/mol. The monoisotopic (exact) mass is 396 g/mol. The molecule has 7 heteroatoms. The zero-order valence-electron chi connectivity index (χ0n) is 14.3. The second-order valence-corrected chi connectivity index (χ2v) is 6.51. The van der Waals surface area contributed by atoms with Gasteiger partial charge in [-0.1, -0.05) is 13.8 Å². The summed E-state index contributed by atoms with van der Waals surface area (Å²) in [5.74, 6) is 1.85. The first-order chi connectivity index (χ1) is 11.8. The second kappa shape index (κ2) is 9.01. The average molecular weight is 397 g/mol. The van der Waals surface area contributed by atoms with E-state index in [0.29, 0.717) is 0 Å². The Bertz CT molecular complexity index is 664. The Hall–Kier alpha value is -1.63. The molecule has 24 heavy (non-hydrogen) atoms. The quantitative estimate of drug-likeness (QED) is 0.773. The number of halogens is 1. The molecule has 0 atom stereocenters. The van der Waals surface area contributed by atoms with Gasteiger partial charge in [0.05, 0.1) is 0 Å². The molecule has 4 rings (SSSR count). The number of hydrogen-bond acceptors (Lipinski definition) is 4. The van der Waals surface area contributed by atoms with Gasteiger partial charge in [-0.25, -0.2) is 9.50 Å². The first-order valence-corrected chi connectivity index (χ1v) is 9.40. The third kappa shape index (κ3) is 4.06. The standard InChI is InChI=1S/C14H17BrN4.C2H6.CH2O2/c15-12-8-11(10-4-5-10)13-14(16-9-17-19(12)13)18-6-2-1-3-7-18;1-2;2-1-3/h8-10H,1-7H2;1-2H3;1H,(H,2,3). The van der Waals surface area contributed by atoms with E-state index in [4.69, 9.17) is 9.90 Å². The maximum Gasteiger partial charge on any atom is 0.290 e. The molecule has 0 aromatic carbocycles. The van der Waals surface area contributed by atoms with Crippen molar-refractivity contribution in [3.63, 3.8) is 0 Å². The summed E-state index contributed by atoms with van der Waals surface area (Å²) in [6.07, 6.45) is 8.19. The first kappa shape index (κ1) is 18.7. The molecule has 2 aliphatic rings. The van der Waals surface area contributed by atoms with Gasteiger partial charge in [0, 0.05) is 13.1 Å². The number of aromatic nitrogens is 3. The Morgan fingerprint density at radius 1 is 1.25 bits per heavy atom. The fourth-order valence-electron chi connectivity index (χ4n) is 3.06. The van der Waals surface area contributed by atoms with Crippen LogP contribution in [-0.4, -0.2) is 39.3 Å². The molecule has 1 aliphatic carbocycles. The molecule has 2 fully saturated rings. The van der Waals surface area contributed by atoms with Crippen molar-refractivity contribution in [2.45, 2.75) is 51.9 Å². The average Bonchev–Trinajstić information content (AvgIpc) is 3.42. The van der Waals surface area contributed by atoms with Crippen LogP contribution in [-0.2, 0) is 4.79 Å². The van der Waals surface area contributed by atoms with E-state index in [1.165, 1.54) is 43.2 Å². The number of hydrogen-bond donors (Lipinski definition) is 1. The highest BCUT2D eigenvalue weighted by molar-refractivity contribution is 9.10. The van der Waals surface area contributed by atoms with Gasteiger partial charge in [-0.05, 0) is 65.6 Å². The van der Waals surface area contributed by atoms with E-state index in [9.17, 15) is 0 Å². The lowest BCUT2D eigenvalue weighted by Gasteiger charge is -2.28. The molecule has 1 N–H and O–H groups in total. The number of anilines is 1. The number of carbonyl (C=O) groups is 1. The maximum absolute atomic E-state index is 8.36. The summed E-state index contributed by atoms with van der Waals surface area (Å²) in [5.41, 5.74) is 2.65. The molecule has 132 valence electrons. The van der Waals surface area contributed by atoms with Crippen LogP contribution in [0.1, 0.15) is 57.4 Å². The third-order valence-electron chi connectivity index (χ3n) is 4.19. The lowest BCUT2D eigenvalue weighted by Crippen LogP contribution is -2.30. The van der Waals surface area contributed by atoms with E-state index < -0.39 is 0 Å². The van der Waals surface area contributed by atoms with Gasteiger partial charge in [0.25, 0.3) is 6.47 Å². The molecular formula is C17H25BrN4O2. The van der Waals surface area contributed by atoms with E-state index in [2.05, 4.69) is 37.0 Å². The second-order valence-electron chi connectivity index (χ2n) is 5.69. The van der Waals surface area contributed by atoms with Crippen LogP contribution < -0.4 is 4.90 Å². The first-order valence-electron chi connectivity index (χ1n) is 8.61. The summed E-state index contributed by atoms with van der Waals surface area (Å²) in [4.78, 5) is 15.4. The fourth-order valence-corrected chi connectivity index (χ4v) is 3.58. The highest BCUT2D eigenvalue weighted by Gasteiger charge is 2.30. The van der Waals surface area contributed by atoms with Gasteiger partial charge in [-0.3, -0.25) is 4.79 Å². The van der Waals surface area contributed by atoms with Crippen molar-refractivity contribution in [1.82, 2.24) is 14.6 Å². The van der Waals surface area contributed by atoms with Gasteiger partial charge in [-0.15, -0.1) is 0 Å². The number of piperidine rings is 1. The van der Waals surface area contributed by atoms with Gasteiger partial charge in [0.15, 0.2) is 5.82 Å². The maximum atomic E-state index is 8.36. The number of nitrogens with zero attached hydrogens (tertiary/aromatic N) is 4. The highest BCUT2D eigenvalue weighted by atomic mass is 79.9. The third-order valence-corrected chi connectivity index (χ3v) is 4.76. The van der Waals surface area contributed by atoms with E-state index in [1.807, 2.05) is 18.4 Å². The summed E-state index contributed by atoms with van der Waals surface area (Å²) in [6.45, 7) is 6.00. The Morgan fingerprint density at radius 3 is 2.46 bits per heavy atom. The van der Waals surface area contributed by atoms with Crippen LogP contribution in [0.25, 0.3) is 5.52 Å². The minimum Gasteiger partial charge on any atom is -0.483 e. The molecule has 1 saturated heterocycles. The molecule has 0 radical (unpaired) electrons. The fraction of sp³-hybridized carbons (Fsp3) is 0.588. The minimum atomic E-state index is -0.250. The summed E-state index contributed by atoms with van der Waals surface area (Å²) in [6, 6.07) is 2.23. The van der Waals surface area contributed by atoms with E-state index in [0.717, 1.165) is 29.4 Å². The van der Waals surface area contributed by atoms with Crippen molar-refractivity contribution in [1.29, 1.82) is 0 Å². The van der Waals surface area contributed by atoms with Crippen molar-refractivity contribution in [2.24, 2.45) is 0 Å². The van der Waals surface area contributed by atoms with Gasteiger partial charge < -0.3 is 10.0 Å². The number of carboxylic acid groups (broad SMARTS) is 1. The Balaban J connectivity index is 0.000000378. The van der Waals surface area contributed by atoms with Crippen LogP contribution in [0.5, 0.6) is 0 Å². The van der Waals surface area contributed by atoms with Crippen molar-refractivity contribution in [2.75, 3.05) is 18.0 Å². The summed E-state index contributed by atoms with van der Waals surface area (Å²) in [7, 11) is 0. The van der Waals surface area contributed by atoms with Crippen LogP contribution in [0.15, 0.2) is 17.0 Å². The molecule has 0 spiro atoms. The highest BCUT2D eigenvalue weighted by Crippen LogP contribution is 2.45. The van der Waals surface area contributed by atoms with Crippen LogP contribution in [0, 0.1) is 0 Å². The van der Waals surface area contributed by atoms with Crippen molar-refractivity contribution in [3.05, 3.63) is 22.6 Å². The Kier molecular flexibility index (Phi) is 7.02. The number of fused-ring (bicyclic) bond motifs is 1. The molecule has 0 amide bonds. The molecule has 0 unspecified atom stereocenters. The van der Waals surface area contributed by atoms with Crippen molar-refractivity contribution >= 4 is 33.7 Å². The molecule has 6 nitrogen and oxygen atoms in total. The molecule has 2 aromatic heterocycles. The van der Waals surface area contributed by atoms with Crippen LogP contribution >= 0.6 is 15.9 Å². The minimum absolute atomic E-state index is 0.250. The molecule has 0 bridgehead atoms. The summed E-state index contributed by atoms with van der Waals surface area (Å²) in [5, 5.41) is 11.3. The van der Waals surface area contributed by atoms with Crippen molar-refractivity contribution < 1.29 is 9.90 Å². The zero-order chi connectivity index (χ0) is 17.5. The lowest BCUT2D eigenvalue weighted by molar-refractivity contribution is -0.122. The lowest BCUT2D eigenvalue weighted by atomic mass is 10.1. The summed E-state index contributed by atoms with van der Waals surface area (Å²) >= 11 is 3.63. The molecule has 2 aromatic rings. The SMILES string of the molecule is Brc1cc(C2CC2)c2c(N3CCCCC3)ncnn12.CC.O=CO. The Morgan fingerprint density at radius 2 is 1.88 bits per heavy atom. The van der Waals surface area contributed by atoms with Crippen LogP contribution in [0.2, 0.25) is 0 Å². The zero-order valence-corrected chi connectivity index (χ0v) is 15.9. The van der Waals surface area contributed by atoms with E-state index in [-0.39, 0.29) is 6.47 Å². The van der Waals surface area contributed by atoms with Crippen molar-refractivity contribution in [3.8, 4) is 0 Å². The van der Waals surface area contributed by atoms with Gasteiger partial charge in [0.2, 0.25) is 0 Å². The normalized spacial score (nSPS) is 16.7. The molecule has 1 aliphatic heterocycles. The summed E-state index contributed by atoms with van der Waals surface area (Å²) < 4.78 is 3.05. The smallest absolute Gasteiger partial charge is 0.290 e. The molecular weight excluding hydrogens is 372 g/mol.